The van der Waals surface area contributed by atoms with E-state index in [2.05, 4.69) is 5.32 Å². The molecule has 7 heteroatoms. The van der Waals surface area contributed by atoms with Crippen LogP contribution < -0.4 is 5.32 Å². The van der Waals surface area contributed by atoms with E-state index < -0.39 is 10.0 Å². The number of nitrogens with zero attached hydrogens (tertiary/aromatic N) is 1. The first-order valence-electron chi connectivity index (χ1n) is 5.06. The molecule has 0 aromatic heterocycles. The van der Waals surface area contributed by atoms with Crippen LogP contribution in [0.4, 0.5) is 5.69 Å². The number of sulfonamides is 1. The van der Waals surface area contributed by atoms with E-state index in [0.29, 0.717) is 18.0 Å². The molecule has 0 atom stereocenters. The van der Waals surface area contributed by atoms with Gasteiger partial charge in [-0.25, -0.2) is 12.7 Å². The predicted molar refractivity (Wildman–Crippen MR) is 72.8 cm³/mol. The van der Waals surface area contributed by atoms with Crippen LogP contribution in [0, 0.1) is 0 Å². The molecular formula is C10H11ClN2O2S2. The van der Waals surface area contributed by atoms with Gasteiger partial charge in [0.2, 0.25) is 10.0 Å². The number of hydrogen-bond acceptors (Lipinski definition) is 3. The molecule has 0 unspecified atom stereocenters. The zero-order chi connectivity index (χ0) is 12.5. The zero-order valence-corrected chi connectivity index (χ0v) is 11.3. The highest BCUT2D eigenvalue weighted by molar-refractivity contribution is 7.91. The zero-order valence-electron chi connectivity index (χ0n) is 8.89. The maximum absolute atomic E-state index is 11.6. The molecule has 17 heavy (non-hydrogen) atoms. The van der Waals surface area contributed by atoms with Crippen LogP contribution in [0.3, 0.4) is 0 Å². The summed E-state index contributed by atoms with van der Waals surface area (Å²) in [6.45, 7) is 0.446. The lowest BCUT2D eigenvalue weighted by Crippen LogP contribution is -2.35. The van der Waals surface area contributed by atoms with Crippen LogP contribution in [0.15, 0.2) is 24.3 Å². The van der Waals surface area contributed by atoms with E-state index in [1.807, 2.05) is 0 Å². The Morgan fingerprint density at radius 3 is 2.53 bits per heavy atom. The van der Waals surface area contributed by atoms with Crippen LogP contribution in [0.5, 0.6) is 0 Å². The number of halogens is 1. The molecule has 1 aromatic carbocycles. The monoisotopic (exact) mass is 290 g/mol. The molecule has 1 aliphatic rings. The molecule has 0 saturated carbocycles. The van der Waals surface area contributed by atoms with Crippen molar-refractivity contribution in [3.63, 3.8) is 0 Å². The molecule has 1 aliphatic heterocycles. The summed E-state index contributed by atoms with van der Waals surface area (Å²) in [6.07, 6.45) is 0.616. The number of hydrogen-bond donors (Lipinski definition) is 1. The standard InChI is InChI=1S/C10H11ClN2O2S2/c11-8-2-4-9(5-3-8)12-10(16)13-6-1-7-17(13,14)15/h2-5H,1,6-7H2,(H,12,16). The largest absolute Gasteiger partial charge is 0.332 e. The molecule has 0 amide bonds. The van der Waals surface area contributed by atoms with E-state index in [1.165, 1.54) is 4.31 Å². The van der Waals surface area contributed by atoms with E-state index in [-0.39, 0.29) is 10.9 Å². The first-order valence-corrected chi connectivity index (χ1v) is 7.45. The van der Waals surface area contributed by atoms with E-state index in [4.69, 9.17) is 23.8 Å². The van der Waals surface area contributed by atoms with Crippen molar-refractivity contribution in [2.45, 2.75) is 6.42 Å². The fourth-order valence-corrected chi connectivity index (χ4v) is 3.68. The number of thiocarbonyl (C=S) groups is 1. The third-order valence-electron chi connectivity index (χ3n) is 2.42. The van der Waals surface area contributed by atoms with Crippen molar-refractivity contribution in [2.24, 2.45) is 0 Å². The van der Waals surface area contributed by atoms with Crippen molar-refractivity contribution in [3.8, 4) is 0 Å². The van der Waals surface area contributed by atoms with Gasteiger partial charge in [0, 0.05) is 17.3 Å². The summed E-state index contributed by atoms with van der Waals surface area (Å²) in [5, 5.41) is 3.72. The van der Waals surface area contributed by atoms with Gasteiger partial charge in [-0.3, -0.25) is 0 Å². The number of nitrogens with one attached hydrogen (secondary N) is 1. The third kappa shape index (κ3) is 2.88. The second-order valence-electron chi connectivity index (χ2n) is 3.68. The van der Waals surface area contributed by atoms with Gasteiger partial charge in [0.1, 0.15) is 0 Å². The first kappa shape index (κ1) is 12.6. The minimum absolute atomic E-state index is 0.162. The Balaban J connectivity index is 2.09. The second kappa shape index (κ2) is 4.80. The van der Waals surface area contributed by atoms with Gasteiger partial charge in [0.25, 0.3) is 0 Å². The smallest absolute Gasteiger partial charge is 0.236 e. The van der Waals surface area contributed by atoms with E-state index in [9.17, 15) is 8.42 Å². The molecular weight excluding hydrogens is 280 g/mol. The number of rotatable bonds is 1. The lowest BCUT2D eigenvalue weighted by molar-refractivity contribution is 0.555. The second-order valence-corrected chi connectivity index (χ2v) is 6.51. The average molecular weight is 291 g/mol. The quantitative estimate of drug-likeness (QED) is 0.805. The maximum Gasteiger partial charge on any atom is 0.236 e. The van der Waals surface area contributed by atoms with Crippen molar-refractivity contribution in [1.82, 2.24) is 4.31 Å². The Morgan fingerprint density at radius 2 is 2.00 bits per heavy atom. The number of benzene rings is 1. The van der Waals surface area contributed by atoms with Crippen molar-refractivity contribution in [3.05, 3.63) is 29.3 Å². The summed E-state index contributed by atoms with van der Waals surface area (Å²) in [5.74, 6) is 0.162. The Labute approximate surface area is 111 Å². The molecule has 0 radical (unpaired) electrons. The van der Waals surface area contributed by atoms with Crippen molar-refractivity contribution in [2.75, 3.05) is 17.6 Å². The molecule has 1 saturated heterocycles. The van der Waals surface area contributed by atoms with Gasteiger partial charge in [0.15, 0.2) is 5.11 Å². The van der Waals surface area contributed by atoms with Crippen LogP contribution in [0.25, 0.3) is 0 Å². The lowest BCUT2D eigenvalue weighted by Gasteiger charge is -2.18. The van der Waals surface area contributed by atoms with Gasteiger partial charge in [-0.1, -0.05) is 11.6 Å². The SMILES string of the molecule is O=S1(=O)CCCN1C(=S)Nc1ccc(Cl)cc1. The third-order valence-corrected chi connectivity index (χ3v) is 4.95. The molecule has 0 bridgehead atoms. The van der Waals surface area contributed by atoms with E-state index in [0.717, 1.165) is 5.69 Å². The Bertz CT molecular complexity index is 528. The van der Waals surface area contributed by atoms with E-state index >= 15 is 0 Å². The summed E-state index contributed by atoms with van der Waals surface area (Å²) >= 11 is 10.8. The van der Waals surface area contributed by atoms with Crippen LogP contribution in [0.1, 0.15) is 6.42 Å². The Kier molecular flexibility index (Phi) is 3.56. The molecule has 2 rings (SSSR count). The highest BCUT2D eigenvalue weighted by Gasteiger charge is 2.30. The molecule has 92 valence electrons. The van der Waals surface area contributed by atoms with Crippen LogP contribution in [-0.4, -0.2) is 30.1 Å². The van der Waals surface area contributed by atoms with Crippen LogP contribution in [-0.2, 0) is 10.0 Å². The van der Waals surface area contributed by atoms with Crippen molar-refractivity contribution < 1.29 is 8.42 Å². The molecule has 0 spiro atoms. The minimum Gasteiger partial charge on any atom is -0.332 e. The fourth-order valence-electron chi connectivity index (χ4n) is 1.59. The Hall–Kier alpha value is -0.850. The highest BCUT2D eigenvalue weighted by atomic mass is 35.5. The van der Waals surface area contributed by atoms with Gasteiger partial charge < -0.3 is 5.32 Å². The fraction of sp³-hybridized carbons (Fsp3) is 0.300. The van der Waals surface area contributed by atoms with E-state index in [1.54, 1.807) is 24.3 Å². The predicted octanol–water partition coefficient (Wildman–Crippen LogP) is 2.07. The van der Waals surface area contributed by atoms with Crippen LogP contribution in [0.2, 0.25) is 5.02 Å². The van der Waals surface area contributed by atoms with Crippen molar-refractivity contribution >= 4 is 44.6 Å². The molecule has 1 N–H and O–H groups in total. The summed E-state index contributed by atoms with van der Waals surface area (Å²) in [7, 11) is -3.21. The van der Waals surface area contributed by atoms with Crippen LogP contribution >= 0.6 is 23.8 Å². The molecule has 0 aliphatic carbocycles. The topological polar surface area (TPSA) is 49.4 Å². The van der Waals surface area contributed by atoms with Gasteiger partial charge in [0.05, 0.1) is 5.75 Å². The summed E-state index contributed by atoms with van der Waals surface area (Å²) < 4.78 is 24.5. The molecule has 4 nitrogen and oxygen atoms in total. The summed E-state index contributed by atoms with van der Waals surface area (Å²) in [4.78, 5) is 0. The summed E-state index contributed by atoms with van der Waals surface area (Å²) in [6, 6.07) is 6.92. The normalized spacial score (nSPS) is 18.1. The maximum atomic E-state index is 11.6. The highest BCUT2D eigenvalue weighted by Crippen LogP contribution is 2.18. The minimum atomic E-state index is -3.21. The molecule has 1 fully saturated rings. The van der Waals surface area contributed by atoms with Gasteiger partial charge >= 0.3 is 0 Å². The lowest BCUT2D eigenvalue weighted by atomic mass is 10.3. The number of anilines is 1. The van der Waals surface area contributed by atoms with Gasteiger partial charge in [-0.15, -0.1) is 0 Å². The van der Waals surface area contributed by atoms with Gasteiger partial charge in [-0.2, -0.15) is 0 Å². The van der Waals surface area contributed by atoms with Crippen molar-refractivity contribution in [1.29, 1.82) is 0 Å². The summed E-state index contributed by atoms with van der Waals surface area (Å²) in [5.41, 5.74) is 0.724. The van der Waals surface area contributed by atoms with Gasteiger partial charge in [-0.05, 0) is 42.9 Å². The molecule has 1 heterocycles. The Morgan fingerprint density at radius 1 is 1.35 bits per heavy atom. The molecule has 1 aromatic rings. The first-order chi connectivity index (χ1) is 7.99. The average Bonchev–Trinajstić information content (AvgIpc) is 2.61.